The number of anilines is 1. The zero-order chi connectivity index (χ0) is 18.9. The van der Waals surface area contributed by atoms with Crippen molar-refractivity contribution in [2.24, 2.45) is 7.05 Å². The molecule has 0 saturated carbocycles. The van der Waals surface area contributed by atoms with E-state index in [9.17, 15) is 5.26 Å². The number of ether oxygens (including phenoxy) is 1. The minimum absolute atomic E-state index is 0.177. The third-order valence-corrected chi connectivity index (χ3v) is 5.13. The number of nitrogen functional groups attached to an aromatic ring is 1. The Balaban J connectivity index is 2.24. The van der Waals surface area contributed by atoms with Gasteiger partial charge in [0.15, 0.2) is 0 Å². The molecule has 1 aliphatic rings. The molecule has 26 heavy (non-hydrogen) atoms. The second kappa shape index (κ2) is 7.08. The van der Waals surface area contributed by atoms with Gasteiger partial charge in [-0.2, -0.15) is 10.4 Å². The van der Waals surface area contributed by atoms with E-state index in [-0.39, 0.29) is 11.5 Å². The number of aromatic nitrogens is 3. The molecule has 2 aromatic heterocycles. The van der Waals surface area contributed by atoms with Crippen molar-refractivity contribution in [1.82, 2.24) is 14.8 Å². The Bertz CT molecular complexity index is 847. The van der Waals surface area contributed by atoms with E-state index >= 15 is 0 Å². The first-order valence-corrected chi connectivity index (χ1v) is 9.22. The Hall–Kier alpha value is -2.39. The van der Waals surface area contributed by atoms with Crippen LogP contribution in [-0.4, -0.2) is 27.0 Å². The van der Waals surface area contributed by atoms with E-state index in [0.29, 0.717) is 18.0 Å². The average Bonchev–Trinajstić information content (AvgIpc) is 3.00. The van der Waals surface area contributed by atoms with Crippen LogP contribution in [0.1, 0.15) is 62.8 Å². The van der Waals surface area contributed by atoms with E-state index in [2.05, 4.69) is 31.9 Å². The van der Waals surface area contributed by atoms with Crippen molar-refractivity contribution in [2.45, 2.75) is 58.0 Å². The van der Waals surface area contributed by atoms with Gasteiger partial charge < -0.3 is 10.5 Å². The summed E-state index contributed by atoms with van der Waals surface area (Å²) < 4.78 is 7.69. The second-order valence-electron chi connectivity index (χ2n) is 7.61. The third-order valence-electron chi connectivity index (χ3n) is 5.13. The Labute approximate surface area is 155 Å². The van der Waals surface area contributed by atoms with Gasteiger partial charge in [0.1, 0.15) is 17.5 Å². The molecule has 0 aliphatic carbocycles. The molecule has 3 rings (SSSR count). The van der Waals surface area contributed by atoms with E-state index in [1.54, 1.807) is 10.9 Å². The van der Waals surface area contributed by atoms with Gasteiger partial charge in [-0.1, -0.05) is 13.3 Å². The molecule has 1 unspecified atom stereocenters. The van der Waals surface area contributed by atoms with Crippen molar-refractivity contribution in [3.8, 4) is 17.3 Å². The highest BCUT2D eigenvalue weighted by Crippen LogP contribution is 2.41. The van der Waals surface area contributed by atoms with Gasteiger partial charge in [-0.15, -0.1) is 0 Å². The Morgan fingerprint density at radius 2 is 2.23 bits per heavy atom. The number of hydrogen-bond acceptors (Lipinski definition) is 5. The largest absolute Gasteiger partial charge is 0.383 e. The first-order chi connectivity index (χ1) is 12.4. The van der Waals surface area contributed by atoms with Gasteiger partial charge >= 0.3 is 0 Å². The predicted octanol–water partition coefficient (Wildman–Crippen LogP) is 3.56. The molecule has 1 saturated heterocycles. The summed E-state index contributed by atoms with van der Waals surface area (Å²) in [6.45, 7) is 7.10. The number of rotatable bonds is 4. The highest BCUT2D eigenvalue weighted by atomic mass is 16.5. The maximum absolute atomic E-state index is 9.75. The molecule has 6 nitrogen and oxygen atoms in total. The van der Waals surface area contributed by atoms with Gasteiger partial charge in [-0.25, -0.2) is 4.98 Å². The lowest BCUT2D eigenvalue weighted by atomic mass is 9.81. The summed E-state index contributed by atoms with van der Waals surface area (Å²) in [4.78, 5) is 4.72. The molecular weight excluding hydrogens is 326 g/mol. The quantitative estimate of drug-likeness (QED) is 0.907. The van der Waals surface area contributed by atoms with Crippen LogP contribution in [0.5, 0.6) is 0 Å². The smallest absolute Gasteiger partial charge is 0.142 e. The standard InChI is InChI=1S/C20H27N5O/c1-5-6-14-17(16-7-9-23-25(16)4)15(12-21)19(22)24-18(14)13-8-10-26-20(2,3)11-13/h7,9,13H,5-6,8,10-11H2,1-4H3,(H2,22,24). The van der Waals surface area contributed by atoms with E-state index in [1.807, 2.05) is 13.1 Å². The van der Waals surface area contributed by atoms with Crippen molar-refractivity contribution < 1.29 is 4.74 Å². The molecule has 0 radical (unpaired) electrons. The lowest BCUT2D eigenvalue weighted by Gasteiger charge is -2.36. The molecule has 2 aromatic rings. The van der Waals surface area contributed by atoms with Crippen LogP contribution in [0.15, 0.2) is 12.3 Å². The number of hydrogen-bond donors (Lipinski definition) is 1. The van der Waals surface area contributed by atoms with E-state index in [0.717, 1.165) is 48.2 Å². The molecule has 6 heteroatoms. The van der Waals surface area contributed by atoms with Crippen LogP contribution >= 0.6 is 0 Å². The van der Waals surface area contributed by atoms with Gasteiger partial charge in [0.05, 0.1) is 17.0 Å². The van der Waals surface area contributed by atoms with Crippen LogP contribution in [0, 0.1) is 11.3 Å². The maximum Gasteiger partial charge on any atom is 0.142 e. The first kappa shape index (κ1) is 18.4. The van der Waals surface area contributed by atoms with Crippen molar-refractivity contribution in [3.63, 3.8) is 0 Å². The Morgan fingerprint density at radius 3 is 2.81 bits per heavy atom. The van der Waals surface area contributed by atoms with Crippen molar-refractivity contribution in [3.05, 3.63) is 29.1 Å². The first-order valence-electron chi connectivity index (χ1n) is 9.22. The van der Waals surface area contributed by atoms with Gasteiger partial charge in [0.2, 0.25) is 0 Å². The molecule has 1 fully saturated rings. The number of aryl methyl sites for hydroxylation is 1. The molecule has 3 heterocycles. The van der Waals surface area contributed by atoms with Gasteiger partial charge in [0, 0.05) is 31.3 Å². The Kier molecular flexibility index (Phi) is 5.01. The molecule has 0 bridgehead atoms. The van der Waals surface area contributed by atoms with Crippen LogP contribution in [-0.2, 0) is 18.2 Å². The van der Waals surface area contributed by atoms with Gasteiger partial charge in [-0.3, -0.25) is 4.68 Å². The summed E-state index contributed by atoms with van der Waals surface area (Å²) in [5.74, 6) is 0.588. The zero-order valence-corrected chi connectivity index (χ0v) is 16.0. The molecule has 0 spiro atoms. The summed E-state index contributed by atoms with van der Waals surface area (Å²) >= 11 is 0. The topological polar surface area (TPSA) is 89.8 Å². The second-order valence-corrected chi connectivity index (χ2v) is 7.61. The zero-order valence-electron chi connectivity index (χ0n) is 16.0. The summed E-state index contributed by atoms with van der Waals surface area (Å²) in [5, 5.41) is 14.0. The highest BCUT2D eigenvalue weighted by Gasteiger charge is 2.33. The molecule has 1 atom stereocenters. The molecule has 0 aromatic carbocycles. The third kappa shape index (κ3) is 3.32. The average molecular weight is 353 g/mol. The molecule has 1 aliphatic heterocycles. The van der Waals surface area contributed by atoms with E-state index < -0.39 is 0 Å². The molecular formula is C20H27N5O. The lowest BCUT2D eigenvalue weighted by Crippen LogP contribution is -2.33. The Morgan fingerprint density at radius 1 is 1.46 bits per heavy atom. The molecule has 2 N–H and O–H groups in total. The fourth-order valence-corrected chi connectivity index (χ4v) is 3.98. The van der Waals surface area contributed by atoms with Crippen molar-refractivity contribution >= 4 is 5.82 Å². The number of nitriles is 1. The molecule has 138 valence electrons. The number of nitrogens with two attached hydrogens (primary N) is 1. The minimum atomic E-state index is -0.177. The lowest BCUT2D eigenvalue weighted by molar-refractivity contribution is -0.0598. The van der Waals surface area contributed by atoms with Crippen LogP contribution in [0.25, 0.3) is 11.3 Å². The molecule has 0 amide bonds. The van der Waals surface area contributed by atoms with Crippen LogP contribution in [0.4, 0.5) is 5.82 Å². The summed E-state index contributed by atoms with van der Waals surface area (Å²) in [6, 6.07) is 4.21. The monoisotopic (exact) mass is 353 g/mol. The SMILES string of the molecule is CCCc1c(C2CCOC(C)(C)C2)nc(N)c(C#N)c1-c1ccnn1C. The van der Waals surface area contributed by atoms with E-state index in [4.69, 9.17) is 15.5 Å². The van der Waals surface area contributed by atoms with Crippen molar-refractivity contribution in [1.29, 1.82) is 5.26 Å². The number of pyridine rings is 1. The van der Waals surface area contributed by atoms with Crippen LogP contribution in [0.2, 0.25) is 0 Å². The normalized spacial score (nSPS) is 19.3. The number of nitrogens with zero attached hydrogens (tertiary/aromatic N) is 4. The minimum Gasteiger partial charge on any atom is -0.383 e. The van der Waals surface area contributed by atoms with Crippen LogP contribution < -0.4 is 5.73 Å². The van der Waals surface area contributed by atoms with Crippen LogP contribution in [0.3, 0.4) is 0 Å². The summed E-state index contributed by atoms with van der Waals surface area (Å²) in [5.41, 5.74) is 10.5. The summed E-state index contributed by atoms with van der Waals surface area (Å²) in [7, 11) is 1.89. The maximum atomic E-state index is 9.75. The van der Waals surface area contributed by atoms with Gasteiger partial charge in [-0.05, 0) is 44.7 Å². The summed E-state index contributed by atoms with van der Waals surface area (Å²) in [6.07, 6.45) is 5.40. The van der Waals surface area contributed by atoms with Crippen molar-refractivity contribution in [2.75, 3.05) is 12.3 Å². The predicted molar refractivity (Wildman–Crippen MR) is 102 cm³/mol. The van der Waals surface area contributed by atoms with Gasteiger partial charge in [0.25, 0.3) is 0 Å². The van der Waals surface area contributed by atoms with E-state index in [1.165, 1.54) is 0 Å². The highest BCUT2D eigenvalue weighted by molar-refractivity contribution is 5.77. The fourth-order valence-electron chi connectivity index (χ4n) is 3.98. The fraction of sp³-hybridized carbons (Fsp3) is 0.550.